The van der Waals surface area contributed by atoms with E-state index in [9.17, 15) is 9.18 Å². The van der Waals surface area contributed by atoms with Crippen molar-refractivity contribution < 1.29 is 9.18 Å². The lowest BCUT2D eigenvalue weighted by Gasteiger charge is -2.00. The van der Waals surface area contributed by atoms with E-state index < -0.39 is 0 Å². The summed E-state index contributed by atoms with van der Waals surface area (Å²) in [5.74, 6) is -0.351. The zero-order valence-electron chi connectivity index (χ0n) is 7.41. The molecule has 0 aliphatic carbocycles. The van der Waals surface area contributed by atoms with Crippen LogP contribution in [0.2, 0.25) is 0 Å². The molecule has 0 amide bonds. The van der Waals surface area contributed by atoms with Gasteiger partial charge in [-0.3, -0.25) is 4.79 Å². The lowest BCUT2D eigenvalue weighted by atomic mass is 10.2. The highest BCUT2D eigenvalue weighted by molar-refractivity contribution is 9.10. The molecule has 0 spiro atoms. The van der Waals surface area contributed by atoms with Crippen LogP contribution >= 0.6 is 27.3 Å². The van der Waals surface area contributed by atoms with Crippen molar-refractivity contribution in [3.63, 3.8) is 0 Å². The first-order valence-electron chi connectivity index (χ1n) is 4.08. The van der Waals surface area contributed by atoms with Gasteiger partial charge < -0.3 is 0 Å². The molecule has 0 aliphatic heterocycles. The molecule has 1 aromatic carbocycles. The molecular formula is C10H5BrFNOS. The van der Waals surface area contributed by atoms with E-state index in [0.717, 1.165) is 0 Å². The minimum Gasteiger partial charge on any atom is -0.297 e. The highest BCUT2D eigenvalue weighted by Gasteiger charge is 2.12. The zero-order valence-corrected chi connectivity index (χ0v) is 9.81. The Bertz CT molecular complexity index is 492. The van der Waals surface area contributed by atoms with Gasteiger partial charge in [0.1, 0.15) is 10.8 Å². The van der Waals surface area contributed by atoms with E-state index in [-0.39, 0.29) is 5.82 Å². The number of thiazole rings is 1. The van der Waals surface area contributed by atoms with E-state index in [1.165, 1.54) is 23.6 Å². The first-order valence-corrected chi connectivity index (χ1v) is 5.68. The van der Waals surface area contributed by atoms with Gasteiger partial charge in [-0.05, 0) is 28.1 Å². The van der Waals surface area contributed by atoms with Crippen molar-refractivity contribution in [2.24, 2.45) is 0 Å². The number of aromatic nitrogens is 1. The van der Waals surface area contributed by atoms with Gasteiger partial charge in [-0.25, -0.2) is 9.37 Å². The predicted octanol–water partition coefficient (Wildman–Crippen LogP) is 3.52. The molecule has 2 rings (SSSR count). The number of aldehydes is 1. The van der Waals surface area contributed by atoms with Gasteiger partial charge in [-0.15, -0.1) is 11.3 Å². The Morgan fingerprint density at radius 3 is 2.87 bits per heavy atom. The maximum atomic E-state index is 13.5. The third-order valence-electron chi connectivity index (χ3n) is 1.82. The van der Waals surface area contributed by atoms with Crippen LogP contribution in [0.5, 0.6) is 0 Å². The molecule has 0 unspecified atom stereocenters. The average molecular weight is 286 g/mol. The molecule has 1 aromatic heterocycles. The molecule has 0 saturated carbocycles. The summed E-state index contributed by atoms with van der Waals surface area (Å²) in [6, 6.07) is 4.71. The number of nitrogens with zero attached hydrogens (tertiary/aromatic N) is 1. The fourth-order valence-corrected chi connectivity index (χ4v) is 2.61. The number of benzene rings is 1. The predicted molar refractivity (Wildman–Crippen MR) is 60.6 cm³/mol. The summed E-state index contributed by atoms with van der Waals surface area (Å²) in [7, 11) is 0. The molecule has 5 heteroatoms. The Kier molecular flexibility index (Phi) is 2.93. The lowest BCUT2D eigenvalue weighted by molar-refractivity contribution is 0.112. The Balaban J connectivity index is 2.58. The highest BCUT2D eigenvalue weighted by atomic mass is 79.9. The fourth-order valence-electron chi connectivity index (χ4n) is 1.16. The van der Waals surface area contributed by atoms with E-state index in [2.05, 4.69) is 20.9 Å². The van der Waals surface area contributed by atoms with Crippen LogP contribution in [0.15, 0.2) is 28.9 Å². The van der Waals surface area contributed by atoms with Gasteiger partial charge in [0.2, 0.25) is 0 Å². The number of rotatable bonds is 2. The molecule has 0 bridgehead atoms. The molecule has 1 heterocycles. The molecule has 15 heavy (non-hydrogen) atoms. The second-order valence-corrected chi connectivity index (χ2v) is 4.70. The van der Waals surface area contributed by atoms with Crippen LogP contribution in [-0.2, 0) is 0 Å². The summed E-state index contributed by atoms with van der Waals surface area (Å²) < 4.78 is 14.1. The second kappa shape index (κ2) is 4.20. The van der Waals surface area contributed by atoms with E-state index in [1.807, 2.05) is 0 Å². The van der Waals surface area contributed by atoms with Crippen molar-refractivity contribution in [3.05, 3.63) is 39.6 Å². The Hall–Kier alpha value is -1.07. The molecule has 0 atom stereocenters. The van der Waals surface area contributed by atoms with Crippen molar-refractivity contribution in [2.45, 2.75) is 0 Å². The van der Waals surface area contributed by atoms with E-state index in [0.29, 0.717) is 26.2 Å². The maximum Gasteiger partial charge on any atom is 0.161 e. The van der Waals surface area contributed by atoms with Gasteiger partial charge in [0.25, 0.3) is 0 Å². The molecule has 76 valence electrons. The van der Waals surface area contributed by atoms with Crippen LogP contribution in [0.4, 0.5) is 4.39 Å². The normalized spacial score (nSPS) is 10.3. The quantitative estimate of drug-likeness (QED) is 0.790. The maximum absolute atomic E-state index is 13.5. The van der Waals surface area contributed by atoms with Gasteiger partial charge in [0.05, 0.1) is 10.4 Å². The molecule has 0 fully saturated rings. The summed E-state index contributed by atoms with van der Waals surface area (Å²) in [5.41, 5.74) is 0.399. The van der Waals surface area contributed by atoms with Crippen LogP contribution < -0.4 is 0 Å². The van der Waals surface area contributed by atoms with Gasteiger partial charge >= 0.3 is 0 Å². The lowest BCUT2D eigenvalue weighted by Crippen LogP contribution is -1.84. The SMILES string of the molecule is O=Cc1cnc(-c2c(F)cccc2Br)s1. The highest BCUT2D eigenvalue weighted by Crippen LogP contribution is 2.33. The first-order chi connectivity index (χ1) is 7.22. The number of halogens is 2. The molecule has 2 aromatic rings. The topological polar surface area (TPSA) is 30.0 Å². The Morgan fingerprint density at radius 1 is 1.47 bits per heavy atom. The van der Waals surface area contributed by atoms with Gasteiger partial charge in [-0.2, -0.15) is 0 Å². The summed E-state index contributed by atoms with van der Waals surface area (Å²) in [5, 5.41) is 0.502. The van der Waals surface area contributed by atoms with Crippen molar-refractivity contribution in [1.29, 1.82) is 0 Å². The minimum absolute atomic E-state index is 0.351. The van der Waals surface area contributed by atoms with Crippen molar-refractivity contribution in [2.75, 3.05) is 0 Å². The van der Waals surface area contributed by atoms with Crippen molar-refractivity contribution >= 4 is 33.6 Å². The van der Waals surface area contributed by atoms with E-state index >= 15 is 0 Å². The number of carbonyl (C=O) groups is 1. The van der Waals surface area contributed by atoms with Crippen molar-refractivity contribution in [1.82, 2.24) is 4.98 Å². The third-order valence-corrected chi connectivity index (χ3v) is 3.42. The largest absolute Gasteiger partial charge is 0.297 e. The Morgan fingerprint density at radius 2 is 2.27 bits per heavy atom. The van der Waals surface area contributed by atoms with Crippen LogP contribution in [0.1, 0.15) is 9.67 Å². The van der Waals surface area contributed by atoms with Gasteiger partial charge in [0, 0.05) is 10.7 Å². The standard InChI is InChI=1S/C10H5BrFNOS/c11-7-2-1-3-8(12)9(7)10-13-4-6(5-14)15-10/h1-5H. The van der Waals surface area contributed by atoms with Crippen LogP contribution in [0.25, 0.3) is 10.6 Å². The van der Waals surface area contributed by atoms with Gasteiger partial charge in [0.15, 0.2) is 6.29 Å². The van der Waals surface area contributed by atoms with Gasteiger partial charge in [-0.1, -0.05) is 6.07 Å². The van der Waals surface area contributed by atoms with Crippen LogP contribution in [0.3, 0.4) is 0 Å². The van der Waals surface area contributed by atoms with Crippen molar-refractivity contribution in [3.8, 4) is 10.6 Å². The summed E-state index contributed by atoms with van der Waals surface area (Å²) in [4.78, 5) is 15.0. The minimum atomic E-state index is -0.351. The van der Waals surface area contributed by atoms with Crippen LogP contribution in [-0.4, -0.2) is 11.3 Å². The third kappa shape index (κ3) is 1.98. The zero-order chi connectivity index (χ0) is 10.8. The molecule has 0 saturated heterocycles. The number of hydrogen-bond acceptors (Lipinski definition) is 3. The second-order valence-electron chi connectivity index (χ2n) is 2.78. The number of carbonyl (C=O) groups excluding carboxylic acids is 1. The first kappa shape index (κ1) is 10.4. The molecule has 0 radical (unpaired) electrons. The monoisotopic (exact) mass is 285 g/mol. The Labute approximate surface area is 97.9 Å². The average Bonchev–Trinajstić information content (AvgIpc) is 2.66. The fraction of sp³-hybridized carbons (Fsp3) is 0. The molecule has 2 nitrogen and oxygen atoms in total. The number of hydrogen-bond donors (Lipinski definition) is 0. The smallest absolute Gasteiger partial charge is 0.161 e. The summed E-state index contributed by atoms with van der Waals surface area (Å²) in [6.45, 7) is 0. The summed E-state index contributed by atoms with van der Waals surface area (Å²) >= 11 is 4.42. The summed E-state index contributed by atoms with van der Waals surface area (Å²) in [6.07, 6.45) is 2.14. The molecule has 0 N–H and O–H groups in total. The molecular weight excluding hydrogens is 281 g/mol. The molecule has 0 aliphatic rings. The van der Waals surface area contributed by atoms with E-state index in [4.69, 9.17) is 0 Å². The van der Waals surface area contributed by atoms with Crippen LogP contribution in [0, 0.1) is 5.82 Å². The van der Waals surface area contributed by atoms with E-state index in [1.54, 1.807) is 12.1 Å².